The van der Waals surface area contributed by atoms with Crippen LogP contribution >= 0.6 is 0 Å². The summed E-state index contributed by atoms with van der Waals surface area (Å²) in [5, 5.41) is 3.06. The molecule has 0 atom stereocenters. The maximum absolute atomic E-state index is 12.9. The number of sulfonamides is 1. The Hall–Kier alpha value is -3.32. The predicted octanol–water partition coefficient (Wildman–Crippen LogP) is 4.28. The molecule has 7 heteroatoms. The number of rotatable bonds is 10. The van der Waals surface area contributed by atoms with E-state index in [1.54, 1.807) is 24.3 Å². The molecule has 33 heavy (non-hydrogen) atoms. The van der Waals surface area contributed by atoms with E-state index in [-0.39, 0.29) is 10.8 Å². The van der Waals surface area contributed by atoms with Crippen molar-refractivity contribution in [3.8, 4) is 5.75 Å². The van der Waals surface area contributed by atoms with Gasteiger partial charge in [-0.15, -0.1) is 0 Å². The van der Waals surface area contributed by atoms with Gasteiger partial charge in [-0.05, 0) is 73.7 Å². The highest BCUT2D eigenvalue weighted by Crippen LogP contribution is 2.48. The molecule has 0 bridgehead atoms. The minimum atomic E-state index is -3.72. The molecule has 2 N–H and O–H groups in total. The first kappa shape index (κ1) is 22.9. The maximum atomic E-state index is 12.9. The largest absolute Gasteiger partial charge is 0.494 e. The lowest BCUT2D eigenvalue weighted by Gasteiger charge is -2.17. The first-order chi connectivity index (χ1) is 15.9. The first-order valence-electron chi connectivity index (χ1n) is 11.1. The van der Waals surface area contributed by atoms with E-state index in [9.17, 15) is 13.2 Å². The molecular weight excluding hydrogens is 436 g/mol. The van der Waals surface area contributed by atoms with Gasteiger partial charge in [0.05, 0.1) is 16.9 Å². The highest BCUT2D eigenvalue weighted by Gasteiger charge is 2.51. The second-order valence-electron chi connectivity index (χ2n) is 8.16. The molecule has 1 saturated carbocycles. The molecule has 0 aliphatic heterocycles. The lowest BCUT2D eigenvalue weighted by Crippen LogP contribution is -2.35. The van der Waals surface area contributed by atoms with Crippen LogP contribution in [0.2, 0.25) is 0 Å². The fraction of sp³-hybridized carbons (Fsp3) is 0.269. The van der Waals surface area contributed by atoms with E-state index in [0.29, 0.717) is 24.6 Å². The van der Waals surface area contributed by atoms with E-state index in [2.05, 4.69) is 10.0 Å². The molecule has 0 saturated heterocycles. The van der Waals surface area contributed by atoms with Gasteiger partial charge in [0.2, 0.25) is 5.91 Å². The van der Waals surface area contributed by atoms with Crippen LogP contribution in [-0.4, -0.2) is 27.5 Å². The van der Waals surface area contributed by atoms with Gasteiger partial charge < -0.3 is 10.1 Å². The van der Waals surface area contributed by atoms with E-state index < -0.39 is 15.4 Å². The summed E-state index contributed by atoms with van der Waals surface area (Å²) in [6, 6.07) is 23.4. The first-order valence-corrected chi connectivity index (χ1v) is 12.6. The number of carbonyl (C=O) groups excluding carboxylic acids is 1. The van der Waals surface area contributed by atoms with Crippen LogP contribution in [0.1, 0.15) is 30.9 Å². The average molecular weight is 465 g/mol. The Morgan fingerprint density at radius 3 is 2.21 bits per heavy atom. The van der Waals surface area contributed by atoms with E-state index in [1.165, 1.54) is 17.7 Å². The molecule has 0 radical (unpaired) electrons. The molecular formula is C26H28N2O4S. The molecule has 1 fully saturated rings. The Balaban J connectivity index is 1.37. The number of nitrogens with one attached hydrogen (secondary N) is 2. The lowest BCUT2D eigenvalue weighted by molar-refractivity contribution is -0.123. The quantitative estimate of drug-likeness (QED) is 0.469. The third-order valence-electron chi connectivity index (χ3n) is 5.86. The van der Waals surface area contributed by atoms with E-state index in [0.717, 1.165) is 24.8 Å². The average Bonchev–Trinajstić information content (AvgIpc) is 3.63. The molecule has 6 nitrogen and oxygen atoms in total. The molecule has 3 aromatic carbocycles. The van der Waals surface area contributed by atoms with Gasteiger partial charge in [-0.3, -0.25) is 9.52 Å². The molecule has 172 valence electrons. The summed E-state index contributed by atoms with van der Waals surface area (Å²) >= 11 is 0. The molecule has 1 aliphatic rings. The van der Waals surface area contributed by atoms with Gasteiger partial charge in [-0.1, -0.05) is 42.5 Å². The van der Waals surface area contributed by atoms with Crippen molar-refractivity contribution in [3.63, 3.8) is 0 Å². The van der Waals surface area contributed by atoms with Gasteiger partial charge in [0, 0.05) is 12.2 Å². The smallest absolute Gasteiger partial charge is 0.261 e. The molecule has 0 aromatic heterocycles. The number of amides is 1. The van der Waals surface area contributed by atoms with Crippen LogP contribution in [0.15, 0.2) is 83.8 Å². The zero-order valence-electron chi connectivity index (χ0n) is 18.6. The minimum Gasteiger partial charge on any atom is -0.494 e. The molecule has 0 spiro atoms. The standard InChI is InChI=1S/C26H28N2O4S/c1-2-32-23-12-14-24(15-13-23)33(30,31)28-22-10-8-21(9-11-22)26(17-18-26)25(29)27-19-16-20-6-4-3-5-7-20/h3-15,28H,2,16-19H2,1H3,(H,27,29). The Morgan fingerprint density at radius 2 is 1.61 bits per heavy atom. The summed E-state index contributed by atoms with van der Waals surface area (Å²) in [6.07, 6.45) is 2.37. The zero-order chi connectivity index (χ0) is 23.3. The van der Waals surface area contributed by atoms with Crippen molar-refractivity contribution >= 4 is 21.6 Å². The molecule has 3 aromatic rings. The number of hydrogen-bond acceptors (Lipinski definition) is 4. The topological polar surface area (TPSA) is 84.5 Å². The van der Waals surface area contributed by atoms with Crippen molar-refractivity contribution in [3.05, 3.63) is 90.0 Å². The molecule has 4 rings (SSSR count). The number of benzene rings is 3. The Morgan fingerprint density at radius 1 is 0.939 bits per heavy atom. The van der Waals surface area contributed by atoms with E-state index >= 15 is 0 Å². The zero-order valence-corrected chi connectivity index (χ0v) is 19.4. The van der Waals surface area contributed by atoms with Gasteiger partial charge in [0.25, 0.3) is 10.0 Å². The van der Waals surface area contributed by atoms with Crippen molar-refractivity contribution < 1.29 is 17.9 Å². The van der Waals surface area contributed by atoms with Crippen LogP contribution in [0.5, 0.6) is 5.75 Å². The Labute approximate surface area is 195 Å². The number of carbonyl (C=O) groups is 1. The normalized spacial score (nSPS) is 14.3. The van der Waals surface area contributed by atoms with Crippen molar-refractivity contribution in [1.29, 1.82) is 0 Å². The van der Waals surface area contributed by atoms with Crippen LogP contribution in [0.25, 0.3) is 0 Å². The molecule has 0 heterocycles. The highest BCUT2D eigenvalue weighted by molar-refractivity contribution is 7.92. The van der Waals surface area contributed by atoms with Crippen molar-refractivity contribution in [1.82, 2.24) is 5.32 Å². The molecule has 1 amide bonds. The van der Waals surface area contributed by atoms with Gasteiger partial charge in [-0.2, -0.15) is 0 Å². The van der Waals surface area contributed by atoms with Crippen LogP contribution in [0.3, 0.4) is 0 Å². The van der Waals surface area contributed by atoms with Gasteiger partial charge in [-0.25, -0.2) is 8.42 Å². The summed E-state index contributed by atoms with van der Waals surface area (Å²) in [5.74, 6) is 0.652. The Bertz CT molecular complexity index is 1190. The second-order valence-corrected chi connectivity index (χ2v) is 9.84. The summed E-state index contributed by atoms with van der Waals surface area (Å²) in [7, 11) is -3.72. The molecule has 1 aliphatic carbocycles. The van der Waals surface area contributed by atoms with Crippen LogP contribution < -0.4 is 14.8 Å². The van der Waals surface area contributed by atoms with Crippen LogP contribution in [0.4, 0.5) is 5.69 Å². The van der Waals surface area contributed by atoms with Gasteiger partial charge >= 0.3 is 0 Å². The summed E-state index contributed by atoms with van der Waals surface area (Å²) in [4.78, 5) is 13.0. The summed E-state index contributed by atoms with van der Waals surface area (Å²) < 4.78 is 33.3. The highest BCUT2D eigenvalue weighted by atomic mass is 32.2. The minimum absolute atomic E-state index is 0.0288. The van der Waals surface area contributed by atoms with Crippen molar-refractivity contribution in [2.75, 3.05) is 17.9 Å². The number of hydrogen-bond donors (Lipinski definition) is 2. The SMILES string of the molecule is CCOc1ccc(S(=O)(=O)Nc2ccc(C3(C(=O)NCCc4ccccc4)CC3)cc2)cc1. The third-order valence-corrected chi connectivity index (χ3v) is 7.26. The monoisotopic (exact) mass is 464 g/mol. The summed E-state index contributed by atoms with van der Waals surface area (Å²) in [5.41, 5.74) is 2.03. The van der Waals surface area contributed by atoms with E-state index in [1.807, 2.05) is 49.4 Å². The fourth-order valence-corrected chi connectivity index (χ4v) is 4.92. The van der Waals surface area contributed by atoms with Gasteiger partial charge in [0.1, 0.15) is 5.75 Å². The Kier molecular flexibility index (Phi) is 6.70. The van der Waals surface area contributed by atoms with Gasteiger partial charge in [0.15, 0.2) is 0 Å². The fourth-order valence-electron chi connectivity index (χ4n) is 3.86. The number of anilines is 1. The molecule has 0 unspecified atom stereocenters. The van der Waals surface area contributed by atoms with E-state index in [4.69, 9.17) is 4.74 Å². The second kappa shape index (κ2) is 9.67. The third kappa shape index (κ3) is 5.37. The van der Waals surface area contributed by atoms with Crippen LogP contribution in [-0.2, 0) is 26.7 Å². The predicted molar refractivity (Wildman–Crippen MR) is 129 cm³/mol. The number of ether oxygens (including phenoxy) is 1. The maximum Gasteiger partial charge on any atom is 0.261 e. The van der Waals surface area contributed by atoms with Crippen molar-refractivity contribution in [2.24, 2.45) is 0 Å². The lowest BCUT2D eigenvalue weighted by atomic mass is 9.94. The van der Waals surface area contributed by atoms with Crippen LogP contribution in [0, 0.1) is 0 Å². The van der Waals surface area contributed by atoms with Crippen molar-refractivity contribution in [2.45, 2.75) is 36.5 Å². The summed E-state index contributed by atoms with van der Waals surface area (Å²) in [6.45, 7) is 2.98.